The Labute approximate surface area is 158 Å². The number of benzene rings is 2. The number of carbonyl (C=O) groups is 2. The van der Waals surface area contributed by atoms with Gasteiger partial charge in [-0.05, 0) is 49.2 Å². The maximum atomic E-state index is 12.8. The second-order valence-corrected chi connectivity index (χ2v) is 6.88. The molecule has 2 amide bonds. The fourth-order valence-electron chi connectivity index (χ4n) is 3.21. The predicted octanol–water partition coefficient (Wildman–Crippen LogP) is 3.06. The highest BCUT2D eigenvalue weighted by atomic mass is 16.5. The maximum Gasteiger partial charge on any atom is 0.240 e. The summed E-state index contributed by atoms with van der Waals surface area (Å²) in [5, 5.41) is 2.88. The van der Waals surface area contributed by atoms with Gasteiger partial charge >= 0.3 is 0 Å². The topological polar surface area (TPSA) is 67.9 Å². The van der Waals surface area contributed by atoms with Crippen LogP contribution in [0.25, 0.3) is 0 Å². The second-order valence-electron chi connectivity index (χ2n) is 6.88. The van der Waals surface area contributed by atoms with Crippen LogP contribution in [0.15, 0.2) is 54.6 Å². The van der Waals surface area contributed by atoms with Crippen molar-refractivity contribution in [3.05, 3.63) is 54.6 Å². The van der Waals surface area contributed by atoms with Crippen LogP contribution < -0.4 is 10.1 Å². The Morgan fingerprint density at radius 2 is 1.56 bits per heavy atom. The van der Waals surface area contributed by atoms with Crippen LogP contribution in [0.5, 0.6) is 11.5 Å². The number of hydrogen-bond donors (Lipinski definition) is 1. The summed E-state index contributed by atoms with van der Waals surface area (Å²) in [5.41, 5.74) is -0.252. The summed E-state index contributed by atoms with van der Waals surface area (Å²) in [6.07, 6.45) is 1.20. The predicted molar refractivity (Wildman–Crippen MR) is 101 cm³/mol. The average molecular weight is 366 g/mol. The number of para-hydroxylation sites is 1. The fourth-order valence-corrected chi connectivity index (χ4v) is 3.21. The number of nitrogens with one attached hydrogen (secondary N) is 1. The van der Waals surface area contributed by atoms with Crippen LogP contribution in [-0.2, 0) is 14.3 Å². The third-order valence-corrected chi connectivity index (χ3v) is 4.98. The van der Waals surface area contributed by atoms with Gasteiger partial charge in [-0.3, -0.25) is 9.59 Å². The molecule has 2 aliphatic rings. The van der Waals surface area contributed by atoms with Crippen LogP contribution in [0.3, 0.4) is 0 Å². The number of ether oxygens (including phenoxy) is 2. The number of amides is 2. The molecule has 2 fully saturated rings. The lowest BCUT2D eigenvalue weighted by Crippen LogP contribution is -2.47. The molecule has 1 saturated carbocycles. The van der Waals surface area contributed by atoms with Crippen LogP contribution in [0, 0.1) is 5.41 Å². The van der Waals surface area contributed by atoms with Crippen LogP contribution in [0.1, 0.15) is 12.8 Å². The van der Waals surface area contributed by atoms with E-state index in [4.69, 9.17) is 9.47 Å². The first-order chi connectivity index (χ1) is 13.2. The molecule has 1 aliphatic heterocycles. The van der Waals surface area contributed by atoms with Crippen molar-refractivity contribution in [1.29, 1.82) is 0 Å². The van der Waals surface area contributed by atoms with Crippen molar-refractivity contribution in [3.8, 4) is 11.5 Å². The molecule has 27 heavy (non-hydrogen) atoms. The van der Waals surface area contributed by atoms with Crippen molar-refractivity contribution in [1.82, 2.24) is 4.90 Å². The van der Waals surface area contributed by atoms with Gasteiger partial charge in [0.1, 0.15) is 16.9 Å². The van der Waals surface area contributed by atoms with Gasteiger partial charge in [-0.15, -0.1) is 0 Å². The van der Waals surface area contributed by atoms with Crippen molar-refractivity contribution in [2.45, 2.75) is 12.8 Å². The smallest absolute Gasteiger partial charge is 0.240 e. The van der Waals surface area contributed by atoms with Crippen LogP contribution in [-0.4, -0.2) is 43.0 Å². The van der Waals surface area contributed by atoms with Gasteiger partial charge in [-0.1, -0.05) is 18.2 Å². The van der Waals surface area contributed by atoms with Crippen LogP contribution in [0.2, 0.25) is 0 Å². The van der Waals surface area contributed by atoms with Crippen LogP contribution >= 0.6 is 0 Å². The minimum Gasteiger partial charge on any atom is -0.457 e. The van der Waals surface area contributed by atoms with Gasteiger partial charge in [0, 0.05) is 18.8 Å². The van der Waals surface area contributed by atoms with Crippen molar-refractivity contribution < 1.29 is 19.1 Å². The standard InChI is InChI=1S/C21H22N2O4/c24-19(21(10-11-21)20(25)23-12-14-26-15-13-23)22-16-6-8-18(9-7-16)27-17-4-2-1-3-5-17/h1-9H,10-15H2,(H,22,24). The molecule has 4 rings (SSSR count). The third-order valence-electron chi connectivity index (χ3n) is 4.98. The molecule has 2 aromatic carbocycles. The summed E-state index contributed by atoms with van der Waals surface area (Å²) in [4.78, 5) is 27.2. The van der Waals surface area contributed by atoms with Gasteiger partial charge in [-0.25, -0.2) is 0 Å². The molecule has 0 aromatic heterocycles. The highest BCUT2D eigenvalue weighted by Gasteiger charge is 2.58. The van der Waals surface area contributed by atoms with E-state index in [1.807, 2.05) is 30.3 Å². The van der Waals surface area contributed by atoms with Crippen molar-refractivity contribution in [3.63, 3.8) is 0 Å². The summed E-state index contributed by atoms with van der Waals surface area (Å²) >= 11 is 0. The zero-order valence-electron chi connectivity index (χ0n) is 15.0. The molecular formula is C21H22N2O4. The zero-order valence-corrected chi connectivity index (χ0v) is 15.0. The lowest BCUT2D eigenvalue weighted by atomic mass is 10.0. The molecule has 0 bridgehead atoms. The normalized spacial score (nSPS) is 17.9. The van der Waals surface area contributed by atoms with Crippen molar-refractivity contribution in [2.24, 2.45) is 5.41 Å². The summed E-state index contributed by atoms with van der Waals surface area (Å²) in [7, 11) is 0. The van der Waals surface area contributed by atoms with Crippen molar-refractivity contribution in [2.75, 3.05) is 31.6 Å². The molecule has 1 heterocycles. The quantitative estimate of drug-likeness (QED) is 0.826. The second kappa shape index (κ2) is 7.40. The third kappa shape index (κ3) is 3.80. The fraction of sp³-hybridized carbons (Fsp3) is 0.333. The van der Waals surface area contributed by atoms with E-state index in [9.17, 15) is 9.59 Å². The average Bonchev–Trinajstić information content (AvgIpc) is 3.52. The van der Waals surface area contributed by atoms with E-state index in [2.05, 4.69) is 5.32 Å². The van der Waals surface area contributed by atoms with Crippen LogP contribution in [0.4, 0.5) is 5.69 Å². The molecule has 140 valence electrons. The molecule has 1 aliphatic carbocycles. The minimum absolute atomic E-state index is 0.0765. The Hall–Kier alpha value is -2.86. The Morgan fingerprint density at radius 3 is 2.19 bits per heavy atom. The molecule has 0 radical (unpaired) electrons. The van der Waals surface area contributed by atoms with Gasteiger partial charge in [0.2, 0.25) is 11.8 Å². The number of anilines is 1. The maximum absolute atomic E-state index is 12.8. The molecular weight excluding hydrogens is 344 g/mol. The Morgan fingerprint density at radius 1 is 0.926 bits per heavy atom. The number of hydrogen-bond acceptors (Lipinski definition) is 4. The summed E-state index contributed by atoms with van der Waals surface area (Å²) in [6, 6.07) is 16.7. The van der Waals surface area contributed by atoms with E-state index >= 15 is 0 Å². The Balaban J connectivity index is 1.38. The SMILES string of the molecule is O=C(Nc1ccc(Oc2ccccc2)cc1)C1(C(=O)N2CCOCC2)CC1. The first-order valence-electron chi connectivity index (χ1n) is 9.19. The first kappa shape index (κ1) is 17.5. The number of morpholine rings is 1. The molecule has 2 aromatic rings. The van der Waals surface area contributed by atoms with Gasteiger partial charge in [-0.2, -0.15) is 0 Å². The number of rotatable bonds is 5. The number of carbonyl (C=O) groups excluding carboxylic acids is 2. The molecule has 6 heteroatoms. The summed E-state index contributed by atoms with van der Waals surface area (Å²) < 4.78 is 11.0. The van der Waals surface area contributed by atoms with E-state index in [1.165, 1.54) is 0 Å². The lowest BCUT2D eigenvalue weighted by Gasteiger charge is -2.30. The molecule has 1 N–H and O–H groups in total. The van der Waals surface area contributed by atoms with E-state index in [1.54, 1.807) is 29.2 Å². The van der Waals surface area contributed by atoms with E-state index in [-0.39, 0.29) is 11.8 Å². The largest absolute Gasteiger partial charge is 0.457 e. The van der Waals surface area contributed by atoms with E-state index in [0.717, 1.165) is 5.75 Å². The number of nitrogens with zero attached hydrogens (tertiary/aromatic N) is 1. The molecule has 1 saturated heterocycles. The van der Waals surface area contributed by atoms with Gasteiger partial charge in [0.15, 0.2) is 0 Å². The molecule has 0 unspecified atom stereocenters. The molecule has 0 atom stereocenters. The Bertz CT molecular complexity index is 810. The Kier molecular flexibility index (Phi) is 4.81. The highest BCUT2D eigenvalue weighted by molar-refractivity contribution is 6.13. The summed E-state index contributed by atoms with van der Waals surface area (Å²) in [5.74, 6) is 1.13. The zero-order chi connectivity index (χ0) is 18.7. The first-order valence-corrected chi connectivity index (χ1v) is 9.19. The van der Waals surface area contributed by atoms with E-state index in [0.29, 0.717) is 50.6 Å². The van der Waals surface area contributed by atoms with Gasteiger partial charge in [0.25, 0.3) is 0 Å². The minimum atomic E-state index is -0.906. The monoisotopic (exact) mass is 366 g/mol. The lowest BCUT2D eigenvalue weighted by molar-refractivity contribution is -0.145. The van der Waals surface area contributed by atoms with Gasteiger partial charge < -0.3 is 19.7 Å². The summed E-state index contributed by atoms with van der Waals surface area (Å²) in [6.45, 7) is 2.18. The molecule has 0 spiro atoms. The molecule has 6 nitrogen and oxygen atoms in total. The highest BCUT2D eigenvalue weighted by Crippen LogP contribution is 2.48. The van der Waals surface area contributed by atoms with E-state index < -0.39 is 5.41 Å². The van der Waals surface area contributed by atoms with Crippen molar-refractivity contribution >= 4 is 17.5 Å². The van der Waals surface area contributed by atoms with Gasteiger partial charge in [0.05, 0.1) is 13.2 Å².